The summed E-state index contributed by atoms with van der Waals surface area (Å²) in [7, 11) is 0. The van der Waals surface area contributed by atoms with Crippen molar-refractivity contribution in [1.82, 2.24) is 9.97 Å². The molecule has 0 fully saturated rings. The summed E-state index contributed by atoms with van der Waals surface area (Å²) < 4.78 is 0. The van der Waals surface area contributed by atoms with Crippen LogP contribution in [0.1, 0.15) is 41.9 Å². The summed E-state index contributed by atoms with van der Waals surface area (Å²) in [5.41, 5.74) is 0.781. The van der Waals surface area contributed by atoms with E-state index in [0.717, 1.165) is 26.6 Å². The monoisotopic (exact) mass is 310 g/mol. The number of nitrogens with zero attached hydrogens (tertiary/aromatic N) is 2. The molecule has 0 aliphatic rings. The van der Waals surface area contributed by atoms with Crippen molar-refractivity contribution in [1.29, 1.82) is 0 Å². The standard InChI is InChI=1S/C14H18N2O2S2/c1-4-5-8(2)6-19-12-10-9(3)11(14(17)18)20-13(10)16-7-15-12/h7-8H,4-6H2,1-3H3,(H,17,18). The van der Waals surface area contributed by atoms with Crippen LogP contribution in [-0.4, -0.2) is 26.8 Å². The lowest BCUT2D eigenvalue weighted by molar-refractivity contribution is 0.0701. The summed E-state index contributed by atoms with van der Waals surface area (Å²) >= 11 is 2.93. The van der Waals surface area contributed by atoms with Gasteiger partial charge in [0.05, 0.1) is 0 Å². The van der Waals surface area contributed by atoms with Gasteiger partial charge in [-0.25, -0.2) is 14.8 Å². The summed E-state index contributed by atoms with van der Waals surface area (Å²) in [6.07, 6.45) is 3.91. The average Bonchev–Trinajstić information content (AvgIpc) is 2.75. The van der Waals surface area contributed by atoms with Gasteiger partial charge in [0.15, 0.2) is 0 Å². The molecule has 108 valence electrons. The highest BCUT2D eigenvalue weighted by Crippen LogP contribution is 2.35. The fourth-order valence-electron chi connectivity index (χ4n) is 2.15. The third kappa shape index (κ3) is 3.12. The van der Waals surface area contributed by atoms with Crippen molar-refractivity contribution in [2.75, 3.05) is 5.75 Å². The van der Waals surface area contributed by atoms with Gasteiger partial charge in [-0.2, -0.15) is 0 Å². The van der Waals surface area contributed by atoms with E-state index >= 15 is 0 Å². The number of thiophene rings is 1. The molecule has 0 bridgehead atoms. The molecular weight excluding hydrogens is 292 g/mol. The topological polar surface area (TPSA) is 63.1 Å². The van der Waals surface area contributed by atoms with Crippen LogP contribution in [0.2, 0.25) is 0 Å². The molecular formula is C14H18N2O2S2. The van der Waals surface area contributed by atoms with E-state index in [4.69, 9.17) is 0 Å². The van der Waals surface area contributed by atoms with Gasteiger partial charge in [-0.05, 0) is 18.4 Å². The second kappa shape index (κ2) is 6.54. The SMILES string of the molecule is CCCC(C)CSc1ncnc2sc(C(=O)O)c(C)c12. The number of aryl methyl sites for hydroxylation is 1. The van der Waals surface area contributed by atoms with Crippen molar-refractivity contribution in [2.24, 2.45) is 5.92 Å². The molecule has 0 aromatic carbocycles. The molecule has 0 amide bonds. The lowest BCUT2D eigenvalue weighted by atomic mass is 10.1. The van der Waals surface area contributed by atoms with Gasteiger partial charge in [-0.3, -0.25) is 0 Å². The first kappa shape index (κ1) is 15.3. The van der Waals surface area contributed by atoms with Crippen molar-refractivity contribution in [3.8, 4) is 0 Å². The van der Waals surface area contributed by atoms with E-state index in [1.54, 1.807) is 11.8 Å². The lowest BCUT2D eigenvalue weighted by Gasteiger charge is -2.09. The normalized spacial score (nSPS) is 12.8. The number of thioether (sulfide) groups is 1. The molecule has 0 spiro atoms. The van der Waals surface area contributed by atoms with Gasteiger partial charge < -0.3 is 5.11 Å². The maximum Gasteiger partial charge on any atom is 0.346 e. The Hall–Kier alpha value is -1.14. The second-order valence-electron chi connectivity index (χ2n) is 4.93. The maximum atomic E-state index is 11.2. The summed E-state index contributed by atoms with van der Waals surface area (Å²) in [6.45, 7) is 6.26. The first-order valence-corrected chi connectivity index (χ1v) is 8.45. The van der Waals surface area contributed by atoms with Gasteiger partial charge in [0.1, 0.15) is 21.1 Å². The van der Waals surface area contributed by atoms with Crippen LogP contribution >= 0.6 is 23.1 Å². The first-order chi connectivity index (χ1) is 9.54. The van der Waals surface area contributed by atoms with Gasteiger partial charge in [-0.15, -0.1) is 23.1 Å². The Morgan fingerprint density at radius 2 is 2.25 bits per heavy atom. The molecule has 4 nitrogen and oxygen atoms in total. The number of carboxylic acids is 1. The van der Waals surface area contributed by atoms with Gasteiger partial charge >= 0.3 is 5.97 Å². The Morgan fingerprint density at radius 3 is 2.90 bits per heavy atom. The van der Waals surface area contributed by atoms with E-state index in [9.17, 15) is 9.90 Å². The Labute approximate surface area is 126 Å². The molecule has 6 heteroatoms. The summed E-state index contributed by atoms with van der Waals surface area (Å²) in [4.78, 5) is 20.9. The fourth-order valence-corrected chi connectivity index (χ4v) is 4.33. The molecule has 0 radical (unpaired) electrons. The van der Waals surface area contributed by atoms with Crippen LogP contribution in [0.3, 0.4) is 0 Å². The zero-order valence-corrected chi connectivity index (χ0v) is 13.5. The quantitative estimate of drug-likeness (QED) is 0.639. The number of aromatic nitrogens is 2. The number of hydrogen-bond donors (Lipinski definition) is 1. The van der Waals surface area contributed by atoms with Crippen molar-refractivity contribution >= 4 is 39.3 Å². The molecule has 2 heterocycles. The minimum absolute atomic E-state index is 0.365. The fraction of sp³-hybridized carbons (Fsp3) is 0.500. The number of fused-ring (bicyclic) bond motifs is 1. The van der Waals surface area contributed by atoms with E-state index < -0.39 is 5.97 Å². The predicted molar refractivity (Wildman–Crippen MR) is 83.9 cm³/mol. The number of hydrogen-bond acceptors (Lipinski definition) is 5. The highest BCUT2D eigenvalue weighted by molar-refractivity contribution is 7.99. The minimum Gasteiger partial charge on any atom is -0.477 e. The Bertz CT molecular complexity index is 625. The summed E-state index contributed by atoms with van der Waals surface area (Å²) in [6, 6.07) is 0. The van der Waals surface area contributed by atoms with Crippen LogP contribution in [-0.2, 0) is 0 Å². The molecule has 2 aromatic heterocycles. The molecule has 0 saturated carbocycles. The van der Waals surface area contributed by atoms with Crippen LogP contribution in [0.15, 0.2) is 11.4 Å². The second-order valence-corrected chi connectivity index (χ2v) is 6.93. The maximum absolute atomic E-state index is 11.2. The molecule has 1 atom stereocenters. The first-order valence-electron chi connectivity index (χ1n) is 6.64. The van der Waals surface area contributed by atoms with E-state index in [2.05, 4.69) is 23.8 Å². The number of aromatic carboxylic acids is 1. The van der Waals surface area contributed by atoms with Crippen molar-refractivity contribution in [2.45, 2.75) is 38.6 Å². The zero-order valence-electron chi connectivity index (χ0n) is 11.8. The van der Waals surface area contributed by atoms with Crippen LogP contribution in [0.25, 0.3) is 10.2 Å². The number of carbonyl (C=O) groups is 1. The largest absolute Gasteiger partial charge is 0.477 e. The van der Waals surface area contributed by atoms with Crippen LogP contribution in [0.5, 0.6) is 0 Å². The highest BCUT2D eigenvalue weighted by Gasteiger charge is 2.19. The summed E-state index contributed by atoms with van der Waals surface area (Å²) in [5, 5.41) is 11.0. The van der Waals surface area contributed by atoms with Gasteiger partial charge in [-0.1, -0.05) is 26.7 Å². The van der Waals surface area contributed by atoms with Crippen molar-refractivity contribution < 1.29 is 9.90 Å². The minimum atomic E-state index is -0.888. The van der Waals surface area contributed by atoms with E-state index in [1.807, 2.05) is 6.92 Å². The van der Waals surface area contributed by atoms with Gasteiger partial charge in [0.25, 0.3) is 0 Å². The molecule has 0 aliphatic carbocycles. The van der Waals surface area contributed by atoms with Crippen LogP contribution in [0.4, 0.5) is 0 Å². The molecule has 2 aromatic rings. The smallest absolute Gasteiger partial charge is 0.346 e. The molecule has 20 heavy (non-hydrogen) atoms. The molecule has 1 N–H and O–H groups in total. The van der Waals surface area contributed by atoms with E-state index in [1.165, 1.54) is 30.5 Å². The molecule has 2 rings (SSSR count). The Morgan fingerprint density at radius 1 is 1.50 bits per heavy atom. The van der Waals surface area contributed by atoms with Crippen molar-refractivity contribution in [3.05, 3.63) is 16.8 Å². The number of rotatable bonds is 6. The van der Waals surface area contributed by atoms with Gasteiger partial charge in [0, 0.05) is 11.1 Å². The van der Waals surface area contributed by atoms with Crippen molar-refractivity contribution in [3.63, 3.8) is 0 Å². The Balaban J connectivity index is 2.32. The lowest BCUT2D eigenvalue weighted by Crippen LogP contribution is -1.98. The average molecular weight is 310 g/mol. The van der Waals surface area contributed by atoms with E-state index in [0.29, 0.717) is 10.8 Å². The third-order valence-electron chi connectivity index (χ3n) is 3.17. The predicted octanol–water partition coefficient (Wildman–Crippen LogP) is 4.23. The molecule has 1 unspecified atom stereocenters. The highest BCUT2D eigenvalue weighted by atomic mass is 32.2. The van der Waals surface area contributed by atoms with Crippen LogP contribution in [0, 0.1) is 12.8 Å². The van der Waals surface area contributed by atoms with E-state index in [-0.39, 0.29) is 0 Å². The summed E-state index contributed by atoms with van der Waals surface area (Å²) in [5.74, 6) is 0.742. The van der Waals surface area contributed by atoms with Crippen LogP contribution < -0.4 is 0 Å². The molecule has 0 aliphatic heterocycles. The Kier molecular flexibility index (Phi) is 4.99. The number of carboxylic acid groups (broad SMARTS) is 1. The van der Waals surface area contributed by atoms with Gasteiger partial charge in [0.2, 0.25) is 0 Å². The molecule has 0 saturated heterocycles. The third-order valence-corrected chi connectivity index (χ3v) is 5.68. The zero-order chi connectivity index (χ0) is 14.7.